The molecule has 5 heteroatoms. The Hall–Kier alpha value is -2.46. The number of aryl methyl sites for hydroxylation is 1. The first-order valence-electron chi connectivity index (χ1n) is 9.63. The molecule has 2 aromatic carbocycles. The molecule has 0 aliphatic carbocycles. The minimum Gasteiger partial charge on any atom is -0.471 e. The average molecular weight is 398 g/mol. The number of benzene rings is 2. The van der Waals surface area contributed by atoms with E-state index in [0.717, 1.165) is 28.6 Å². The Morgan fingerprint density at radius 3 is 2.57 bits per heavy atom. The Morgan fingerprint density at radius 1 is 1.18 bits per heavy atom. The second-order valence-corrected chi connectivity index (χ2v) is 7.96. The van der Waals surface area contributed by atoms with Crippen molar-refractivity contribution in [2.45, 2.75) is 46.6 Å². The van der Waals surface area contributed by atoms with E-state index in [2.05, 4.69) is 43.0 Å². The van der Waals surface area contributed by atoms with Gasteiger partial charge in [0.05, 0.1) is 17.1 Å². The van der Waals surface area contributed by atoms with Crippen LogP contribution in [0.1, 0.15) is 48.4 Å². The van der Waals surface area contributed by atoms with E-state index in [1.54, 1.807) is 6.92 Å². The number of nitrogens with zero attached hydrogens (tertiary/aromatic N) is 1. The first kappa shape index (κ1) is 18.9. The molecule has 4 rings (SSSR count). The van der Waals surface area contributed by atoms with E-state index >= 15 is 0 Å². The SMILES string of the molecule is CCC(C)c1ccc(N2COc3c(Cl)cc4c(C)c(C)c(=O)oc4c3C2)cc1. The minimum absolute atomic E-state index is 0.315. The second kappa shape index (κ2) is 7.17. The third-order valence-corrected chi connectivity index (χ3v) is 6.18. The summed E-state index contributed by atoms with van der Waals surface area (Å²) in [4.78, 5) is 14.4. The van der Waals surface area contributed by atoms with Gasteiger partial charge >= 0.3 is 5.63 Å². The molecule has 0 saturated heterocycles. The van der Waals surface area contributed by atoms with E-state index in [1.807, 2.05) is 13.0 Å². The van der Waals surface area contributed by atoms with E-state index in [1.165, 1.54) is 5.56 Å². The number of fused-ring (bicyclic) bond motifs is 3. The molecule has 1 unspecified atom stereocenters. The third kappa shape index (κ3) is 3.06. The van der Waals surface area contributed by atoms with Crippen LogP contribution in [0.5, 0.6) is 5.75 Å². The molecule has 1 aliphatic rings. The normalized spacial score (nSPS) is 14.7. The van der Waals surface area contributed by atoms with Gasteiger partial charge in [0, 0.05) is 16.6 Å². The smallest absolute Gasteiger partial charge is 0.339 e. The van der Waals surface area contributed by atoms with Crippen LogP contribution >= 0.6 is 11.6 Å². The molecular formula is C23H24ClNO3. The zero-order chi connectivity index (χ0) is 20.0. The summed E-state index contributed by atoms with van der Waals surface area (Å²) < 4.78 is 11.6. The van der Waals surface area contributed by atoms with Gasteiger partial charge in [-0.2, -0.15) is 0 Å². The highest BCUT2D eigenvalue weighted by Crippen LogP contribution is 2.40. The lowest BCUT2D eigenvalue weighted by atomic mass is 9.98. The lowest BCUT2D eigenvalue weighted by Gasteiger charge is -2.32. The van der Waals surface area contributed by atoms with Crippen LogP contribution < -0.4 is 15.3 Å². The zero-order valence-corrected chi connectivity index (χ0v) is 17.4. The van der Waals surface area contributed by atoms with Crippen molar-refractivity contribution in [3.8, 4) is 5.75 Å². The maximum absolute atomic E-state index is 12.3. The Balaban J connectivity index is 1.77. The molecule has 0 radical (unpaired) electrons. The van der Waals surface area contributed by atoms with E-state index in [0.29, 0.717) is 41.1 Å². The summed E-state index contributed by atoms with van der Waals surface area (Å²) in [5, 5.41) is 1.41. The van der Waals surface area contributed by atoms with Gasteiger partial charge < -0.3 is 14.1 Å². The predicted octanol–water partition coefficient (Wildman–Crippen LogP) is 5.93. The van der Waals surface area contributed by atoms with Gasteiger partial charge in [0.15, 0.2) is 6.73 Å². The zero-order valence-electron chi connectivity index (χ0n) is 16.6. The van der Waals surface area contributed by atoms with Crippen LogP contribution in [0.4, 0.5) is 5.69 Å². The van der Waals surface area contributed by atoms with Crippen molar-refractivity contribution in [2.24, 2.45) is 0 Å². The maximum Gasteiger partial charge on any atom is 0.339 e. The number of anilines is 1. The van der Waals surface area contributed by atoms with Crippen molar-refractivity contribution in [2.75, 3.05) is 11.6 Å². The quantitative estimate of drug-likeness (QED) is 0.513. The van der Waals surface area contributed by atoms with Gasteiger partial charge in [0.2, 0.25) is 0 Å². The molecule has 0 amide bonds. The molecule has 0 saturated carbocycles. The largest absolute Gasteiger partial charge is 0.471 e. The fraction of sp³-hybridized carbons (Fsp3) is 0.348. The van der Waals surface area contributed by atoms with Gasteiger partial charge in [-0.25, -0.2) is 4.79 Å². The molecule has 4 nitrogen and oxygen atoms in total. The molecule has 1 aromatic heterocycles. The summed E-state index contributed by atoms with van der Waals surface area (Å²) in [6.07, 6.45) is 1.11. The molecule has 0 N–H and O–H groups in total. The molecule has 1 atom stereocenters. The monoisotopic (exact) mass is 397 g/mol. The molecular weight excluding hydrogens is 374 g/mol. The number of rotatable bonds is 3. The Kier molecular flexibility index (Phi) is 4.84. The first-order valence-corrected chi connectivity index (χ1v) is 10.0. The number of hydrogen-bond acceptors (Lipinski definition) is 4. The molecule has 3 aromatic rings. The topological polar surface area (TPSA) is 42.7 Å². The molecule has 146 valence electrons. The highest BCUT2D eigenvalue weighted by molar-refractivity contribution is 6.33. The molecule has 28 heavy (non-hydrogen) atoms. The Morgan fingerprint density at radius 2 is 1.89 bits per heavy atom. The van der Waals surface area contributed by atoms with Crippen molar-refractivity contribution in [1.29, 1.82) is 0 Å². The number of hydrogen-bond donors (Lipinski definition) is 0. The first-order chi connectivity index (χ1) is 13.4. The van der Waals surface area contributed by atoms with Crippen LogP contribution in [0.2, 0.25) is 5.02 Å². The lowest BCUT2D eigenvalue weighted by molar-refractivity contribution is 0.289. The Bertz CT molecular complexity index is 1100. The molecule has 0 bridgehead atoms. The summed E-state index contributed by atoms with van der Waals surface area (Å²) in [6.45, 7) is 9.09. The molecule has 0 fully saturated rings. The second-order valence-electron chi connectivity index (χ2n) is 7.55. The average Bonchev–Trinajstić information content (AvgIpc) is 2.72. The fourth-order valence-electron chi connectivity index (χ4n) is 3.68. The summed E-state index contributed by atoms with van der Waals surface area (Å²) in [5.41, 5.74) is 4.97. The van der Waals surface area contributed by atoms with Crippen molar-refractivity contribution in [3.63, 3.8) is 0 Å². The maximum atomic E-state index is 12.3. The molecule has 2 heterocycles. The van der Waals surface area contributed by atoms with Gasteiger partial charge in [-0.05, 0) is 55.5 Å². The highest BCUT2D eigenvalue weighted by atomic mass is 35.5. The van der Waals surface area contributed by atoms with Crippen molar-refractivity contribution < 1.29 is 9.15 Å². The fourth-order valence-corrected chi connectivity index (χ4v) is 3.96. The van der Waals surface area contributed by atoms with Crippen LogP contribution in [-0.4, -0.2) is 6.73 Å². The van der Waals surface area contributed by atoms with Crippen molar-refractivity contribution in [3.05, 3.63) is 68.0 Å². The lowest BCUT2D eigenvalue weighted by Crippen LogP contribution is -2.32. The van der Waals surface area contributed by atoms with Gasteiger partial charge in [-0.1, -0.05) is 37.6 Å². The number of ether oxygens (including phenoxy) is 1. The third-order valence-electron chi connectivity index (χ3n) is 5.90. The summed E-state index contributed by atoms with van der Waals surface area (Å²) in [5.74, 6) is 1.14. The van der Waals surface area contributed by atoms with Gasteiger partial charge in [-0.15, -0.1) is 0 Å². The number of halogens is 1. The highest BCUT2D eigenvalue weighted by Gasteiger charge is 2.25. The van der Waals surface area contributed by atoms with Crippen molar-refractivity contribution >= 4 is 28.3 Å². The van der Waals surface area contributed by atoms with Crippen LogP contribution in [0.25, 0.3) is 11.0 Å². The van der Waals surface area contributed by atoms with Crippen LogP contribution in [0, 0.1) is 13.8 Å². The van der Waals surface area contributed by atoms with Crippen molar-refractivity contribution in [1.82, 2.24) is 0 Å². The van der Waals surface area contributed by atoms with Gasteiger partial charge in [0.25, 0.3) is 0 Å². The standard InChI is InChI=1S/C23H24ClNO3/c1-5-13(2)16-6-8-17(9-7-16)25-11-19-21-18(10-20(24)22(19)27-12-25)14(3)15(4)23(26)28-21/h6-10,13H,5,11-12H2,1-4H3. The summed E-state index contributed by atoms with van der Waals surface area (Å²) in [7, 11) is 0. The van der Waals surface area contributed by atoms with Crippen LogP contribution in [0.3, 0.4) is 0 Å². The van der Waals surface area contributed by atoms with E-state index in [4.69, 9.17) is 20.8 Å². The van der Waals surface area contributed by atoms with E-state index in [-0.39, 0.29) is 5.63 Å². The minimum atomic E-state index is -0.315. The summed E-state index contributed by atoms with van der Waals surface area (Å²) in [6, 6.07) is 10.4. The molecule has 1 aliphatic heterocycles. The van der Waals surface area contributed by atoms with Gasteiger partial charge in [-0.3, -0.25) is 0 Å². The Labute approximate surface area is 169 Å². The summed E-state index contributed by atoms with van der Waals surface area (Å²) >= 11 is 6.49. The van der Waals surface area contributed by atoms with Crippen LogP contribution in [-0.2, 0) is 6.54 Å². The van der Waals surface area contributed by atoms with Crippen LogP contribution in [0.15, 0.2) is 39.5 Å². The van der Waals surface area contributed by atoms with E-state index < -0.39 is 0 Å². The predicted molar refractivity (Wildman–Crippen MR) is 114 cm³/mol. The molecule has 0 spiro atoms. The van der Waals surface area contributed by atoms with Gasteiger partial charge in [0.1, 0.15) is 11.3 Å². The van der Waals surface area contributed by atoms with E-state index in [9.17, 15) is 4.79 Å².